The molecule has 0 atom stereocenters. The first kappa shape index (κ1) is 26.1. The molecule has 0 saturated heterocycles. The molecule has 5 heteroatoms. The smallest absolute Gasteiger partial charge is 1.00 e. The molecule has 3 aromatic rings. The minimum absolute atomic E-state index is 0. The second kappa shape index (κ2) is 13.1. The zero-order valence-corrected chi connectivity index (χ0v) is 19.5. The van der Waals surface area contributed by atoms with Crippen molar-refractivity contribution in [1.29, 1.82) is 0 Å². The van der Waals surface area contributed by atoms with Gasteiger partial charge in [-0.25, -0.2) is 12.1 Å². The molecule has 3 rings (SSSR count). The number of rotatable bonds is 3. The van der Waals surface area contributed by atoms with Crippen LogP contribution >= 0.6 is 0 Å². The van der Waals surface area contributed by atoms with Crippen molar-refractivity contribution >= 4 is 24.8 Å². The first-order chi connectivity index (χ1) is 10.1. The van der Waals surface area contributed by atoms with Crippen molar-refractivity contribution in [2.45, 2.75) is 26.4 Å². The van der Waals surface area contributed by atoms with E-state index in [4.69, 9.17) is 5.11 Å². The van der Waals surface area contributed by atoms with Gasteiger partial charge in [0.15, 0.2) is 0 Å². The SMILES string of the molecule is C[SiH](C)[c-]1cccc1CCO.Cc1cc2ccccc2[cH-]1.[Cl-].[Cl-].[Zr+4]. The third-order valence-corrected chi connectivity index (χ3v) is 5.52. The van der Waals surface area contributed by atoms with Gasteiger partial charge >= 0.3 is 26.2 Å². The third kappa shape index (κ3) is 7.37. The molecule has 0 radical (unpaired) electrons. The van der Waals surface area contributed by atoms with E-state index >= 15 is 0 Å². The van der Waals surface area contributed by atoms with Gasteiger partial charge in [-0.05, 0) is 6.42 Å². The summed E-state index contributed by atoms with van der Waals surface area (Å²) in [6, 6.07) is 19.2. The monoisotopic (exact) mass is 456 g/mol. The Labute approximate surface area is 178 Å². The summed E-state index contributed by atoms with van der Waals surface area (Å²) in [5.41, 5.74) is 2.70. The number of hydrogen-bond donors (Lipinski definition) is 1. The van der Waals surface area contributed by atoms with Crippen LogP contribution in [0.15, 0.2) is 54.6 Å². The second-order valence-electron chi connectivity index (χ2n) is 5.80. The molecule has 0 fully saturated rings. The number of aliphatic hydroxyl groups excluding tert-OH is 1. The zero-order valence-electron chi connectivity index (χ0n) is 14.4. The van der Waals surface area contributed by atoms with Crippen LogP contribution in [-0.2, 0) is 32.6 Å². The summed E-state index contributed by atoms with van der Waals surface area (Å²) in [6.45, 7) is 7.03. The van der Waals surface area contributed by atoms with E-state index in [1.54, 1.807) is 0 Å². The molecule has 128 valence electrons. The summed E-state index contributed by atoms with van der Waals surface area (Å²) < 4.78 is 0. The van der Waals surface area contributed by atoms with Crippen molar-refractivity contribution in [2.75, 3.05) is 6.61 Å². The van der Waals surface area contributed by atoms with Gasteiger partial charge in [0.2, 0.25) is 0 Å². The fraction of sp³-hybridized carbons (Fsp3) is 0.263. The molecule has 3 aromatic carbocycles. The summed E-state index contributed by atoms with van der Waals surface area (Å²) in [5, 5.41) is 13.0. The first-order valence-corrected chi connectivity index (χ1v) is 10.5. The van der Waals surface area contributed by atoms with E-state index in [1.807, 2.05) is 0 Å². The normalized spacial score (nSPS) is 9.38. The van der Waals surface area contributed by atoms with E-state index in [2.05, 4.69) is 74.6 Å². The predicted molar refractivity (Wildman–Crippen MR) is 95.6 cm³/mol. The molecule has 0 heterocycles. The van der Waals surface area contributed by atoms with Crippen LogP contribution in [0.25, 0.3) is 10.8 Å². The fourth-order valence-electron chi connectivity index (χ4n) is 2.69. The predicted octanol–water partition coefficient (Wildman–Crippen LogP) is -2.49. The van der Waals surface area contributed by atoms with Crippen LogP contribution in [0.5, 0.6) is 0 Å². The summed E-state index contributed by atoms with van der Waals surface area (Å²) in [7, 11) is -0.662. The molecule has 0 saturated carbocycles. The van der Waals surface area contributed by atoms with Crippen molar-refractivity contribution in [3.8, 4) is 0 Å². The van der Waals surface area contributed by atoms with Crippen LogP contribution in [0.2, 0.25) is 13.1 Å². The van der Waals surface area contributed by atoms with E-state index < -0.39 is 8.80 Å². The summed E-state index contributed by atoms with van der Waals surface area (Å²) >= 11 is 0. The second-order valence-corrected chi connectivity index (χ2v) is 8.73. The molecule has 0 spiro atoms. The Bertz CT molecular complexity index is 658. The van der Waals surface area contributed by atoms with Crippen molar-refractivity contribution in [1.82, 2.24) is 0 Å². The van der Waals surface area contributed by atoms with Gasteiger partial charge in [0, 0.05) is 15.4 Å². The van der Waals surface area contributed by atoms with Crippen molar-refractivity contribution in [2.24, 2.45) is 0 Å². The summed E-state index contributed by atoms with van der Waals surface area (Å²) in [6.07, 6.45) is 0.827. The Hall–Kier alpha value is -0.180. The van der Waals surface area contributed by atoms with Crippen LogP contribution in [0, 0.1) is 6.92 Å². The van der Waals surface area contributed by atoms with Gasteiger partial charge in [-0.1, -0.05) is 26.1 Å². The Morgan fingerprint density at radius 3 is 2.33 bits per heavy atom. The molecular weight excluding hydrogens is 434 g/mol. The van der Waals surface area contributed by atoms with Crippen LogP contribution in [-0.4, -0.2) is 20.5 Å². The summed E-state index contributed by atoms with van der Waals surface area (Å²) in [5.74, 6) is 0. The topological polar surface area (TPSA) is 20.2 Å². The standard InChI is InChI=1S/C10H9.C9H15OSi.2ClH.Zr/c1-8-6-9-4-2-3-5-10(9)7-8;1-11(2)9-5-3-4-8(9)6-7-10;;;/h2-7H,1H3;3-5,10-11H,6-7H2,1-2H3;2*1H;/q2*-1;;;+4/p-2. The van der Waals surface area contributed by atoms with Gasteiger partial charge in [-0.3, -0.25) is 0 Å². The quantitative estimate of drug-likeness (QED) is 0.340. The van der Waals surface area contributed by atoms with E-state index in [9.17, 15) is 0 Å². The number of fused-ring (bicyclic) bond motifs is 1. The van der Waals surface area contributed by atoms with Gasteiger partial charge in [0.25, 0.3) is 0 Å². The van der Waals surface area contributed by atoms with Crippen LogP contribution in [0.4, 0.5) is 0 Å². The van der Waals surface area contributed by atoms with Gasteiger partial charge in [0.05, 0.1) is 0 Å². The van der Waals surface area contributed by atoms with Gasteiger partial charge in [-0.2, -0.15) is 22.9 Å². The maximum Gasteiger partial charge on any atom is 4.00 e. The number of halogens is 2. The number of hydrogen-bond acceptors (Lipinski definition) is 1. The van der Waals surface area contributed by atoms with Crippen molar-refractivity contribution < 1.29 is 56.1 Å². The van der Waals surface area contributed by atoms with Gasteiger partial charge < -0.3 is 29.9 Å². The van der Waals surface area contributed by atoms with Crippen LogP contribution < -0.4 is 30.0 Å². The molecule has 24 heavy (non-hydrogen) atoms. The minimum Gasteiger partial charge on any atom is -1.00 e. The van der Waals surface area contributed by atoms with Gasteiger partial charge in [0.1, 0.15) is 0 Å². The molecule has 0 unspecified atom stereocenters. The number of aliphatic hydroxyl groups is 1. The van der Waals surface area contributed by atoms with E-state index in [0.717, 1.165) is 6.42 Å². The average Bonchev–Trinajstić information content (AvgIpc) is 3.04. The van der Waals surface area contributed by atoms with Crippen LogP contribution in [0.1, 0.15) is 11.1 Å². The van der Waals surface area contributed by atoms with Crippen molar-refractivity contribution in [3.05, 3.63) is 65.7 Å². The Balaban J connectivity index is 0. The third-order valence-electron chi connectivity index (χ3n) is 3.71. The van der Waals surface area contributed by atoms with Crippen molar-refractivity contribution in [3.63, 3.8) is 0 Å². The molecule has 0 aliphatic heterocycles. The Morgan fingerprint density at radius 2 is 1.75 bits per heavy atom. The van der Waals surface area contributed by atoms with E-state index in [1.165, 1.54) is 27.1 Å². The van der Waals surface area contributed by atoms with E-state index in [-0.39, 0.29) is 57.6 Å². The average molecular weight is 459 g/mol. The zero-order chi connectivity index (χ0) is 15.2. The fourth-order valence-corrected chi connectivity index (χ4v) is 4.17. The largest absolute Gasteiger partial charge is 4.00 e. The number of aryl methyl sites for hydroxylation is 1. The Kier molecular flexibility index (Phi) is 14.2. The molecule has 0 aromatic heterocycles. The van der Waals surface area contributed by atoms with Crippen LogP contribution in [0.3, 0.4) is 0 Å². The molecule has 1 nitrogen and oxygen atoms in total. The summed E-state index contributed by atoms with van der Waals surface area (Å²) in [4.78, 5) is 0. The molecule has 0 bridgehead atoms. The van der Waals surface area contributed by atoms with Gasteiger partial charge in [-0.15, -0.1) is 40.6 Å². The maximum absolute atomic E-state index is 8.76. The molecular formula is C19H24Cl2OSiZr. The Morgan fingerprint density at radius 1 is 1.08 bits per heavy atom. The maximum atomic E-state index is 8.76. The number of benzene rings is 1. The van der Waals surface area contributed by atoms with E-state index in [0.29, 0.717) is 0 Å². The molecule has 0 amide bonds. The first-order valence-electron chi connectivity index (χ1n) is 7.59. The molecule has 1 N–H and O–H groups in total. The molecule has 0 aliphatic carbocycles. The minimum atomic E-state index is -0.662. The molecule has 0 aliphatic rings.